The summed E-state index contributed by atoms with van der Waals surface area (Å²) in [4.78, 5) is 10.2. The van der Waals surface area contributed by atoms with Crippen LogP contribution in [0.1, 0.15) is 11.1 Å². The summed E-state index contributed by atoms with van der Waals surface area (Å²) >= 11 is 9.26. The summed E-state index contributed by atoms with van der Waals surface area (Å²) < 4.78 is 0.656. The third-order valence-corrected chi connectivity index (χ3v) is 3.87. The lowest BCUT2D eigenvalue weighted by Crippen LogP contribution is -2.01. The third-order valence-electron chi connectivity index (χ3n) is 2.82. The van der Waals surface area contributed by atoms with Gasteiger partial charge in [0.2, 0.25) is 0 Å². The van der Waals surface area contributed by atoms with E-state index in [4.69, 9.17) is 16.9 Å². The van der Waals surface area contributed by atoms with Crippen molar-refractivity contribution in [2.75, 3.05) is 5.32 Å². The van der Waals surface area contributed by atoms with Crippen molar-refractivity contribution in [1.82, 2.24) is 0 Å². The fourth-order valence-electron chi connectivity index (χ4n) is 1.71. The number of benzene rings is 2. The summed E-state index contributed by atoms with van der Waals surface area (Å²) in [5, 5.41) is 23.0. The van der Waals surface area contributed by atoms with E-state index in [1.807, 2.05) is 6.07 Å². The molecule has 0 saturated carbocycles. The average molecular weight is 367 g/mol. The van der Waals surface area contributed by atoms with E-state index in [1.54, 1.807) is 24.3 Å². The van der Waals surface area contributed by atoms with Gasteiger partial charge < -0.3 is 5.32 Å². The molecule has 1 N–H and O–H groups in total. The van der Waals surface area contributed by atoms with Gasteiger partial charge in [0.05, 0.1) is 15.5 Å². The van der Waals surface area contributed by atoms with Crippen molar-refractivity contribution in [3.63, 3.8) is 0 Å². The molecular weight excluding hydrogens is 358 g/mol. The molecule has 0 bridgehead atoms. The normalized spacial score (nSPS) is 9.95. The number of hydrogen-bond donors (Lipinski definition) is 1. The summed E-state index contributed by atoms with van der Waals surface area (Å²) in [6.45, 7) is 0.473. The highest BCUT2D eigenvalue weighted by atomic mass is 79.9. The third kappa shape index (κ3) is 3.72. The summed E-state index contributed by atoms with van der Waals surface area (Å²) in [6.07, 6.45) is 0. The number of nitro groups is 1. The molecule has 2 rings (SSSR count). The van der Waals surface area contributed by atoms with E-state index in [2.05, 4.69) is 21.2 Å². The Labute approximate surface area is 134 Å². The van der Waals surface area contributed by atoms with E-state index in [-0.39, 0.29) is 5.69 Å². The van der Waals surface area contributed by atoms with E-state index >= 15 is 0 Å². The fourth-order valence-corrected chi connectivity index (χ4v) is 2.44. The molecular formula is C14H9BrClN3O2. The van der Waals surface area contributed by atoms with Crippen molar-refractivity contribution < 1.29 is 4.92 Å². The van der Waals surface area contributed by atoms with Crippen molar-refractivity contribution in [1.29, 1.82) is 5.26 Å². The first-order valence-electron chi connectivity index (χ1n) is 5.87. The molecule has 0 aliphatic rings. The zero-order chi connectivity index (χ0) is 15.4. The second-order valence-corrected chi connectivity index (χ2v) is 5.45. The number of nitro benzene ring substituents is 1. The molecule has 7 heteroatoms. The van der Waals surface area contributed by atoms with Crippen molar-refractivity contribution in [3.8, 4) is 6.07 Å². The highest BCUT2D eigenvalue weighted by Gasteiger charge is 2.09. The summed E-state index contributed by atoms with van der Waals surface area (Å²) in [5.74, 6) is 0. The van der Waals surface area contributed by atoms with Gasteiger partial charge in [-0.05, 0) is 29.8 Å². The molecule has 0 fully saturated rings. The highest BCUT2D eigenvalue weighted by Crippen LogP contribution is 2.25. The molecule has 0 aliphatic carbocycles. The minimum Gasteiger partial charge on any atom is -0.381 e. The standard InChI is InChI=1S/C14H9BrClN3O2/c15-13-6-12(19(20)21)4-2-10(13)8-18-11-3-1-9(7-17)14(16)5-11/h1-6,18H,8H2. The van der Waals surface area contributed by atoms with Gasteiger partial charge in [-0.15, -0.1) is 0 Å². The lowest BCUT2D eigenvalue weighted by molar-refractivity contribution is -0.384. The van der Waals surface area contributed by atoms with Gasteiger partial charge in [-0.1, -0.05) is 27.5 Å². The molecule has 0 saturated heterocycles. The van der Waals surface area contributed by atoms with Crippen LogP contribution < -0.4 is 5.32 Å². The predicted molar refractivity (Wildman–Crippen MR) is 84.3 cm³/mol. The van der Waals surface area contributed by atoms with Gasteiger partial charge in [-0.2, -0.15) is 5.26 Å². The Bertz CT molecular complexity index is 743. The maximum atomic E-state index is 10.7. The van der Waals surface area contributed by atoms with Gasteiger partial charge in [-0.3, -0.25) is 10.1 Å². The predicted octanol–water partition coefficient (Wildman–Crippen LogP) is 4.49. The molecule has 0 spiro atoms. The van der Waals surface area contributed by atoms with Crippen LogP contribution in [0.4, 0.5) is 11.4 Å². The zero-order valence-electron chi connectivity index (χ0n) is 10.6. The van der Waals surface area contributed by atoms with E-state index in [9.17, 15) is 10.1 Å². The zero-order valence-corrected chi connectivity index (χ0v) is 13.0. The Hall–Kier alpha value is -2.10. The largest absolute Gasteiger partial charge is 0.381 e. The molecule has 0 aliphatic heterocycles. The molecule has 0 heterocycles. The Morgan fingerprint density at radius 1 is 1.33 bits per heavy atom. The Morgan fingerprint density at radius 2 is 2.10 bits per heavy atom. The van der Waals surface area contributed by atoms with Crippen molar-refractivity contribution >= 4 is 38.9 Å². The number of nitrogens with zero attached hydrogens (tertiary/aromatic N) is 2. The van der Waals surface area contributed by atoms with E-state index in [1.165, 1.54) is 12.1 Å². The van der Waals surface area contributed by atoms with Crippen LogP contribution in [0.3, 0.4) is 0 Å². The molecule has 0 radical (unpaired) electrons. The molecule has 21 heavy (non-hydrogen) atoms. The van der Waals surface area contributed by atoms with Gasteiger partial charge in [0.1, 0.15) is 6.07 Å². The van der Waals surface area contributed by atoms with Gasteiger partial charge in [0.15, 0.2) is 0 Å². The Kier molecular flexibility index (Phi) is 4.78. The molecule has 106 valence electrons. The molecule has 0 unspecified atom stereocenters. The second-order valence-electron chi connectivity index (χ2n) is 4.19. The first-order chi connectivity index (χ1) is 10.0. The lowest BCUT2D eigenvalue weighted by atomic mass is 10.2. The molecule has 0 atom stereocenters. The van der Waals surface area contributed by atoms with E-state index in [0.717, 1.165) is 11.3 Å². The van der Waals surface area contributed by atoms with Crippen LogP contribution in [0, 0.1) is 21.4 Å². The van der Waals surface area contributed by atoms with Crippen LogP contribution >= 0.6 is 27.5 Å². The number of non-ortho nitro benzene ring substituents is 1. The molecule has 5 nitrogen and oxygen atoms in total. The quantitative estimate of drug-likeness (QED) is 0.638. The van der Waals surface area contributed by atoms with Gasteiger partial charge in [0.25, 0.3) is 5.69 Å². The summed E-state index contributed by atoms with van der Waals surface area (Å²) in [5.41, 5.74) is 2.09. The average Bonchev–Trinajstić information content (AvgIpc) is 2.46. The van der Waals surface area contributed by atoms with Crippen LogP contribution in [-0.4, -0.2) is 4.92 Å². The summed E-state index contributed by atoms with van der Waals surface area (Å²) in [7, 11) is 0. The Balaban J connectivity index is 2.11. The number of nitriles is 1. The van der Waals surface area contributed by atoms with Crippen LogP contribution in [0.5, 0.6) is 0 Å². The maximum Gasteiger partial charge on any atom is 0.270 e. The van der Waals surface area contributed by atoms with Crippen LogP contribution in [0.2, 0.25) is 5.02 Å². The lowest BCUT2D eigenvalue weighted by Gasteiger charge is -2.09. The van der Waals surface area contributed by atoms with Crippen LogP contribution in [-0.2, 0) is 6.54 Å². The van der Waals surface area contributed by atoms with Crippen LogP contribution in [0.15, 0.2) is 40.9 Å². The summed E-state index contributed by atoms with van der Waals surface area (Å²) in [6, 6.07) is 11.6. The highest BCUT2D eigenvalue weighted by molar-refractivity contribution is 9.10. The molecule has 2 aromatic rings. The van der Waals surface area contributed by atoms with Gasteiger partial charge in [-0.25, -0.2) is 0 Å². The van der Waals surface area contributed by atoms with Crippen molar-refractivity contribution in [3.05, 3.63) is 67.1 Å². The van der Waals surface area contributed by atoms with Crippen LogP contribution in [0.25, 0.3) is 0 Å². The van der Waals surface area contributed by atoms with E-state index < -0.39 is 4.92 Å². The fraction of sp³-hybridized carbons (Fsp3) is 0.0714. The Morgan fingerprint density at radius 3 is 2.67 bits per heavy atom. The first-order valence-corrected chi connectivity index (χ1v) is 7.04. The first kappa shape index (κ1) is 15.3. The monoisotopic (exact) mass is 365 g/mol. The minimum atomic E-state index is -0.442. The smallest absolute Gasteiger partial charge is 0.270 e. The number of anilines is 1. The molecule has 0 amide bonds. The van der Waals surface area contributed by atoms with E-state index in [0.29, 0.717) is 21.6 Å². The number of halogens is 2. The maximum absolute atomic E-state index is 10.7. The van der Waals surface area contributed by atoms with Gasteiger partial charge in [0, 0.05) is 28.8 Å². The molecule has 0 aromatic heterocycles. The van der Waals surface area contributed by atoms with Crippen molar-refractivity contribution in [2.24, 2.45) is 0 Å². The number of nitrogens with one attached hydrogen (secondary N) is 1. The molecule has 2 aromatic carbocycles. The number of hydrogen-bond acceptors (Lipinski definition) is 4. The van der Waals surface area contributed by atoms with Gasteiger partial charge >= 0.3 is 0 Å². The second kappa shape index (κ2) is 6.57. The minimum absolute atomic E-state index is 0.0343. The topological polar surface area (TPSA) is 79.0 Å². The SMILES string of the molecule is N#Cc1ccc(NCc2ccc([N+](=O)[O-])cc2Br)cc1Cl. The van der Waals surface area contributed by atoms with Crippen molar-refractivity contribution in [2.45, 2.75) is 6.54 Å². The number of rotatable bonds is 4.